The summed E-state index contributed by atoms with van der Waals surface area (Å²) in [5.74, 6) is 2.29. The zero-order chi connectivity index (χ0) is 26.1. The minimum Gasteiger partial charge on any atom is -0.496 e. The normalized spacial score (nSPS) is 25.0. The number of benzene rings is 2. The third kappa shape index (κ3) is 6.51. The van der Waals surface area contributed by atoms with Crippen molar-refractivity contribution in [2.75, 3.05) is 33.5 Å². The van der Waals surface area contributed by atoms with Crippen LogP contribution in [-0.2, 0) is 28.9 Å². The minimum absolute atomic E-state index is 0.0341. The molecule has 0 aliphatic carbocycles. The van der Waals surface area contributed by atoms with Crippen molar-refractivity contribution in [1.82, 2.24) is 0 Å². The van der Waals surface area contributed by atoms with Gasteiger partial charge in [0.2, 0.25) is 0 Å². The van der Waals surface area contributed by atoms with Crippen LogP contribution in [-0.4, -0.2) is 33.5 Å². The van der Waals surface area contributed by atoms with E-state index in [0.717, 1.165) is 17.1 Å². The lowest BCUT2D eigenvalue weighted by Gasteiger charge is -2.41. The summed E-state index contributed by atoms with van der Waals surface area (Å²) in [4.78, 5) is 0. The van der Waals surface area contributed by atoms with E-state index < -0.39 is 17.2 Å². The van der Waals surface area contributed by atoms with Crippen LogP contribution >= 0.6 is 17.2 Å². The summed E-state index contributed by atoms with van der Waals surface area (Å²) >= 11 is 0. The molecule has 2 aliphatic rings. The number of methoxy groups -OCH3 is 1. The summed E-state index contributed by atoms with van der Waals surface area (Å²) in [6.45, 7) is 16.9. The molecule has 0 bridgehead atoms. The molecule has 0 unspecified atom stereocenters. The van der Waals surface area contributed by atoms with Crippen molar-refractivity contribution >= 4 is 17.2 Å². The summed E-state index contributed by atoms with van der Waals surface area (Å²) in [5.41, 5.74) is 3.14. The molecule has 198 valence electrons. The molecule has 7 nitrogen and oxygen atoms in total. The van der Waals surface area contributed by atoms with Gasteiger partial charge in [0.25, 0.3) is 0 Å². The van der Waals surface area contributed by atoms with Crippen LogP contribution in [0.15, 0.2) is 36.4 Å². The third-order valence-electron chi connectivity index (χ3n) is 6.26. The zero-order valence-electron chi connectivity index (χ0n) is 22.5. The smallest absolute Gasteiger partial charge is 0.397 e. The van der Waals surface area contributed by atoms with E-state index in [-0.39, 0.29) is 16.2 Å². The molecule has 0 atom stereocenters. The molecule has 9 heteroatoms. The molecule has 2 heterocycles. The van der Waals surface area contributed by atoms with E-state index in [0.29, 0.717) is 32.2 Å². The maximum Gasteiger partial charge on any atom is 0.397 e. The van der Waals surface area contributed by atoms with Crippen LogP contribution in [0.2, 0.25) is 0 Å². The summed E-state index contributed by atoms with van der Waals surface area (Å²) in [6.07, 6.45) is 0. The van der Waals surface area contributed by atoms with Crippen molar-refractivity contribution < 1.29 is 31.9 Å². The topological polar surface area (TPSA) is 64.6 Å². The van der Waals surface area contributed by atoms with Gasteiger partial charge in [0, 0.05) is 5.56 Å². The van der Waals surface area contributed by atoms with Crippen LogP contribution in [0.1, 0.15) is 58.2 Å². The van der Waals surface area contributed by atoms with Gasteiger partial charge in [-0.2, -0.15) is 0 Å². The molecule has 0 saturated carbocycles. The van der Waals surface area contributed by atoms with E-state index in [9.17, 15) is 0 Å². The highest BCUT2D eigenvalue weighted by Crippen LogP contribution is 2.53. The Morgan fingerprint density at radius 2 is 1.14 bits per heavy atom. The van der Waals surface area contributed by atoms with Gasteiger partial charge in [-0.05, 0) is 59.2 Å². The highest BCUT2D eigenvalue weighted by Gasteiger charge is 2.45. The Hall–Kier alpha value is -1.46. The van der Waals surface area contributed by atoms with Crippen LogP contribution < -0.4 is 13.8 Å². The Labute approximate surface area is 217 Å². The molecule has 2 aromatic carbocycles. The van der Waals surface area contributed by atoms with Crippen LogP contribution in [0.3, 0.4) is 0 Å². The molecule has 0 radical (unpaired) electrons. The zero-order valence-corrected chi connectivity index (χ0v) is 24.3. The number of aryl methyl sites for hydroxylation is 1. The van der Waals surface area contributed by atoms with Gasteiger partial charge in [-0.15, -0.1) is 0 Å². The SMILES string of the molecule is COc1ccc(OP2OCC3(COP(Oc4ccc(C)c(C(C)(C)C)c4)OC3)CO2)cc1C(C)(C)C. The largest absolute Gasteiger partial charge is 0.496 e. The fourth-order valence-electron chi connectivity index (χ4n) is 4.16. The van der Waals surface area contributed by atoms with Gasteiger partial charge in [-0.3, -0.25) is 0 Å². The average Bonchev–Trinajstić information content (AvgIpc) is 2.82. The van der Waals surface area contributed by atoms with Gasteiger partial charge in [-0.25, -0.2) is 0 Å². The molecule has 4 rings (SSSR count). The summed E-state index contributed by atoms with van der Waals surface area (Å²) in [5, 5.41) is 0. The monoisotopic (exact) mass is 536 g/mol. The average molecular weight is 537 g/mol. The van der Waals surface area contributed by atoms with Gasteiger partial charge < -0.3 is 31.9 Å². The maximum atomic E-state index is 6.05. The highest BCUT2D eigenvalue weighted by atomic mass is 31.2. The molecule has 2 fully saturated rings. The fourth-order valence-corrected chi connectivity index (χ4v) is 6.60. The number of rotatable bonds is 5. The van der Waals surface area contributed by atoms with Crippen molar-refractivity contribution in [1.29, 1.82) is 0 Å². The first kappa shape index (κ1) is 27.6. The second-order valence-corrected chi connectivity index (χ2v) is 13.9. The molecular weight excluding hydrogens is 498 g/mol. The molecule has 1 spiro atoms. The predicted molar refractivity (Wildman–Crippen MR) is 143 cm³/mol. The third-order valence-corrected chi connectivity index (χ3v) is 8.34. The van der Waals surface area contributed by atoms with E-state index >= 15 is 0 Å². The number of ether oxygens (including phenoxy) is 1. The van der Waals surface area contributed by atoms with Gasteiger partial charge >= 0.3 is 17.2 Å². The van der Waals surface area contributed by atoms with E-state index in [2.05, 4.69) is 60.6 Å². The maximum absolute atomic E-state index is 6.05. The van der Waals surface area contributed by atoms with Crippen LogP contribution in [0.25, 0.3) is 0 Å². The van der Waals surface area contributed by atoms with Crippen LogP contribution in [0.4, 0.5) is 0 Å². The first-order chi connectivity index (χ1) is 16.9. The Kier molecular flexibility index (Phi) is 8.22. The molecule has 0 N–H and O–H groups in total. The van der Waals surface area contributed by atoms with Gasteiger partial charge in [0.1, 0.15) is 17.2 Å². The van der Waals surface area contributed by atoms with Crippen LogP contribution in [0.5, 0.6) is 17.2 Å². The summed E-state index contributed by atoms with van der Waals surface area (Å²) < 4.78 is 41.5. The van der Waals surface area contributed by atoms with Gasteiger partial charge in [0.05, 0.1) is 39.0 Å². The van der Waals surface area contributed by atoms with Crippen molar-refractivity contribution in [2.24, 2.45) is 5.41 Å². The van der Waals surface area contributed by atoms with E-state index in [1.165, 1.54) is 11.1 Å². The quantitative estimate of drug-likeness (QED) is 0.365. The predicted octanol–water partition coefficient (Wildman–Crippen LogP) is 7.59. The molecular formula is C27H38O7P2. The summed E-state index contributed by atoms with van der Waals surface area (Å²) in [7, 11) is -1.31. The number of hydrogen-bond donors (Lipinski definition) is 0. The molecule has 36 heavy (non-hydrogen) atoms. The van der Waals surface area contributed by atoms with Crippen molar-refractivity contribution in [3.05, 3.63) is 53.1 Å². The fraction of sp³-hybridized carbons (Fsp3) is 0.556. The van der Waals surface area contributed by atoms with Crippen molar-refractivity contribution in [3.8, 4) is 17.2 Å². The van der Waals surface area contributed by atoms with Gasteiger partial charge in [0.15, 0.2) is 0 Å². The lowest BCUT2D eigenvalue weighted by Crippen LogP contribution is -2.45. The Bertz CT molecular complexity index is 1040. The van der Waals surface area contributed by atoms with E-state index in [1.54, 1.807) is 7.11 Å². The first-order valence-electron chi connectivity index (χ1n) is 12.2. The van der Waals surface area contributed by atoms with E-state index in [4.69, 9.17) is 31.9 Å². The Morgan fingerprint density at radius 1 is 0.694 bits per heavy atom. The Balaban J connectivity index is 1.30. The van der Waals surface area contributed by atoms with Crippen LogP contribution in [0, 0.1) is 12.3 Å². The first-order valence-corrected chi connectivity index (χ1v) is 14.4. The highest BCUT2D eigenvalue weighted by molar-refractivity contribution is 7.42. The molecule has 2 aliphatic heterocycles. The standard InChI is InChI=1S/C27H38O7P2/c1-19-9-10-20(13-22(19)25(2,3)4)33-35-29-15-27(16-30-35)17-31-36(32-18-27)34-21-11-12-24(28-8)23(14-21)26(5,6)7/h9-14H,15-18H2,1-8H3. The second kappa shape index (κ2) is 10.7. The molecule has 2 saturated heterocycles. The second-order valence-electron chi connectivity index (χ2n) is 11.6. The molecule has 0 amide bonds. The summed E-state index contributed by atoms with van der Waals surface area (Å²) in [6, 6.07) is 11.9. The van der Waals surface area contributed by atoms with Crippen molar-refractivity contribution in [3.63, 3.8) is 0 Å². The molecule has 0 aromatic heterocycles. The number of hydrogen-bond acceptors (Lipinski definition) is 7. The van der Waals surface area contributed by atoms with E-state index in [1.807, 2.05) is 24.3 Å². The van der Waals surface area contributed by atoms with Gasteiger partial charge in [-0.1, -0.05) is 47.6 Å². The lowest BCUT2D eigenvalue weighted by atomic mass is 9.84. The molecule has 2 aromatic rings. The Morgan fingerprint density at radius 3 is 1.58 bits per heavy atom. The lowest BCUT2D eigenvalue weighted by molar-refractivity contribution is -0.0673. The van der Waals surface area contributed by atoms with Crippen molar-refractivity contribution in [2.45, 2.75) is 59.3 Å². The minimum atomic E-state index is -1.51.